The number of phosphoric ester groups is 1. The van der Waals surface area contributed by atoms with Gasteiger partial charge in [-0.05, 0) is 57.8 Å². The molecule has 0 aliphatic carbocycles. The molecule has 3 N–H and O–H groups in total. The quantitative estimate of drug-likeness (QED) is 0.0267. The van der Waals surface area contributed by atoms with E-state index in [-0.39, 0.29) is 38.6 Å². The maximum absolute atomic E-state index is 12.6. The summed E-state index contributed by atoms with van der Waals surface area (Å²) in [5, 5.41) is 0. The van der Waals surface area contributed by atoms with Gasteiger partial charge in [-0.1, -0.05) is 184 Å². The van der Waals surface area contributed by atoms with Crippen molar-refractivity contribution < 1.29 is 37.6 Å². The van der Waals surface area contributed by atoms with Crippen molar-refractivity contribution in [2.24, 2.45) is 5.73 Å². The van der Waals surface area contributed by atoms with Crippen molar-refractivity contribution in [3.8, 4) is 0 Å². The second-order valence-corrected chi connectivity index (χ2v) is 16.3. The van der Waals surface area contributed by atoms with E-state index in [4.69, 9.17) is 24.3 Å². The van der Waals surface area contributed by atoms with E-state index in [0.717, 1.165) is 77.0 Å². The van der Waals surface area contributed by atoms with Gasteiger partial charge in [-0.15, -0.1) is 0 Å². The fourth-order valence-electron chi connectivity index (χ4n) is 6.07. The highest BCUT2D eigenvalue weighted by molar-refractivity contribution is 7.47. The van der Waals surface area contributed by atoms with Gasteiger partial charge in [0.25, 0.3) is 0 Å². The molecule has 0 saturated carbocycles. The number of nitrogens with two attached hydrogens (primary N) is 1. The van der Waals surface area contributed by atoms with Crippen molar-refractivity contribution >= 4 is 19.8 Å². The number of unbranched alkanes of at least 4 members (excludes halogenated alkanes) is 19. The Bertz CT molecular complexity index is 1120. The first-order valence-electron chi connectivity index (χ1n) is 22.8. The van der Waals surface area contributed by atoms with Crippen molar-refractivity contribution in [3.63, 3.8) is 0 Å². The first-order valence-corrected chi connectivity index (χ1v) is 24.3. The number of allylic oxidation sites excluding steroid dienone is 10. The maximum Gasteiger partial charge on any atom is 0.472 e. The molecule has 0 bridgehead atoms. The zero-order valence-corrected chi connectivity index (χ0v) is 37.2. The first-order chi connectivity index (χ1) is 27.8. The number of esters is 2. The van der Waals surface area contributed by atoms with Crippen LogP contribution in [-0.2, 0) is 32.7 Å². The Morgan fingerprint density at radius 2 is 0.965 bits per heavy atom. The molecule has 0 fully saturated rings. The van der Waals surface area contributed by atoms with E-state index in [0.29, 0.717) is 6.42 Å². The molecule has 0 saturated heterocycles. The van der Waals surface area contributed by atoms with Crippen LogP contribution >= 0.6 is 7.82 Å². The number of hydrogen-bond acceptors (Lipinski definition) is 8. The summed E-state index contributed by atoms with van der Waals surface area (Å²) in [6, 6.07) is 0. The molecule has 0 radical (unpaired) electrons. The lowest BCUT2D eigenvalue weighted by Crippen LogP contribution is -2.29. The molecule has 330 valence electrons. The number of rotatable bonds is 42. The van der Waals surface area contributed by atoms with Crippen LogP contribution in [0.3, 0.4) is 0 Å². The van der Waals surface area contributed by atoms with Crippen LogP contribution in [0.5, 0.6) is 0 Å². The van der Waals surface area contributed by atoms with Crippen molar-refractivity contribution in [1.82, 2.24) is 0 Å². The van der Waals surface area contributed by atoms with Gasteiger partial charge in [-0.3, -0.25) is 18.6 Å². The van der Waals surface area contributed by atoms with Crippen molar-refractivity contribution in [3.05, 3.63) is 60.8 Å². The van der Waals surface area contributed by atoms with Gasteiger partial charge in [0.2, 0.25) is 0 Å². The van der Waals surface area contributed by atoms with Crippen LogP contribution in [0.25, 0.3) is 0 Å². The van der Waals surface area contributed by atoms with Gasteiger partial charge in [-0.25, -0.2) is 4.57 Å². The second kappa shape index (κ2) is 43.3. The average Bonchev–Trinajstić information content (AvgIpc) is 3.20. The molecule has 0 aliphatic heterocycles. The summed E-state index contributed by atoms with van der Waals surface area (Å²) in [5.41, 5.74) is 5.35. The zero-order valence-electron chi connectivity index (χ0n) is 36.3. The second-order valence-electron chi connectivity index (χ2n) is 14.9. The lowest BCUT2D eigenvalue weighted by atomic mass is 10.0. The summed E-state index contributed by atoms with van der Waals surface area (Å²) in [7, 11) is -4.38. The minimum atomic E-state index is -4.38. The van der Waals surface area contributed by atoms with Crippen LogP contribution in [-0.4, -0.2) is 49.3 Å². The van der Waals surface area contributed by atoms with Gasteiger partial charge in [-0.2, -0.15) is 0 Å². The molecule has 0 spiro atoms. The maximum atomic E-state index is 12.6. The van der Waals surface area contributed by atoms with Gasteiger partial charge >= 0.3 is 19.8 Å². The fourth-order valence-corrected chi connectivity index (χ4v) is 6.84. The molecule has 10 heteroatoms. The van der Waals surface area contributed by atoms with Crippen molar-refractivity contribution in [1.29, 1.82) is 0 Å². The van der Waals surface area contributed by atoms with E-state index < -0.39 is 26.5 Å². The summed E-state index contributed by atoms with van der Waals surface area (Å²) in [6.07, 6.45) is 51.0. The van der Waals surface area contributed by atoms with Gasteiger partial charge in [0.05, 0.1) is 13.2 Å². The molecular weight excluding hydrogens is 737 g/mol. The molecule has 0 rings (SSSR count). The van der Waals surface area contributed by atoms with E-state index in [2.05, 4.69) is 74.6 Å². The average molecular weight is 822 g/mol. The number of carbonyl (C=O) groups is 2. The van der Waals surface area contributed by atoms with Crippen LogP contribution in [0.2, 0.25) is 0 Å². The van der Waals surface area contributed by atoms with E-state index >= 15 is 0 Å². The topological polar surface area (TPSA) is 134 Å². The molecule has 0 aliphatic rings. The highest BCUT2D eigenvalue weighted by atomic mass is 31.2. The van der Waals surface area contributed by atoms with Gasteiger partial charge < -0.3 is 20.1 Å². The monoisotopic (exact) mass is 822 g/mol. The van der Waals surface area contributed by atoms with E-state index in [1.807, 2.05) is 0 Å². The molecule has 9 nitrogen and oxygen atoms in total. The lowest BCUT2D eigenvalue weighted by molar-refractivity contribution is -0.161. The SMILES string of the molecule is CC/C=C\C/C=C\C/C=C\C/C=C\C/C=C\CCCCCCCCCC(=O)OC(COC(=O)CCCCCCCCCCCCCCC)COP(=O)(O)OCCN. The van der Waals surface area contributed by atoms with E-state index in [1.165, 1.54) is 83.5 Å². The predicted molar refractivity (Wildman–Crippen MR) is 238 cm³/mol. The summed E-state index contributed by atoms with van der Waals surface area (Å²) >= 11 is 0. The highest BCUT2D eigenvalue weighted by Gasteiger charge is 2.26. The Labute approximate surface area is 349 Å². The molecule has 0 amide bonds. The minimum absolute atomic E-state index is 0.0498. The highest BCUT2D eigenvalue weighted by Crippen LogP contribution is 2.43. The smallest absolute Gasteiger partial charge is 0.462 e. The fraction of sp³-hybridized carbons (Fsp3) is 0.745. The van der Waals surface area contributed by atoms with Crippen LogP contribution in [0.15, 0.2) is 60.8 Å². The number of carbonyl (C=O) groups excluding carboxylic acids is 2. The Morgan fingerprint density at radius 3 is 1.44 bits per heavy atom. The number of phosphoric acid groups is 1. The molecule has 0 heterocycles. The third-order valence-electron chi connectivity index (χ3n) is 9.42. The summed E-state index contributed by atoms with van der Waals surface area (Å²) in [5.74, 6) is -0.840. The van der Waals surface area contributed by atoms with Crippen LogP contribution in [0.4, 0.5) is 0 Å². The zero-order chi connectivity index (χ0) is 41.8. The number of ether oxygens (including phenoxy) is 2. The summed E-state index contributed by atoms with van der Waals surface area (Å²) < 4.78 is 32.8. The van der Waals surface area contributed by atoms with Gasteiger partial charge in [0, 0.05) is 19.4 Å². The van der Waals surface area contributed by atoms with Crippen LogP contribution < -0.4 is 5.73 Å². The lowest BCUT2D eigenvalue weighted by Gasteiger charge is -2.19. The third-order valence-corrected chi connectivity index (χ3v) is 10.4. The summed E-state index contributed by atoms with van der Waals surface area (Å²) in [6.45, 7) is 3.61. The van der Waals surface area contributed by atoms with Gasteiger partial charge in [0.1, 0.15) is 6.61 Å². The molecule has 0 aromatic rings. The normalized spacial score (nSPS) is 13.8. The van der Waals surface area contributed by atoms with E-state index in [9.17, 15) is 19.0 Å². The van der Waals surface area contributed by atoms with Crippen molar-refractivity contribution in [2.75, 3.05) is 26.4 Å². The van der Waals surface area contributed by atoms with E-state index in [1.54, 1.807) is 0 Å². The van der Waals surface area contributed by atoms with Crippen LogP contribution in [0.1, 0.15) is 194 Å². The Kier molecular flexibility index (Phi) is 41.6. The Morgan fingerprint density at radius 1 is 0.544 bits per heavy atom. The third kappa shape index (κ3) is 43.1. The molecule has 0 aromatic carbocycles. The van der Waals surface area contributed by atoms with Crippen LogP contribution in [0, 0.1) is 0 Å². The predicted octanol–water partition coefficient (Wildman–Crippen LogP) is 13.3. The first kappa shape index (κ1) is 54.7. The molecular formula is C47H84NO8P. The standard InChI is InChI=1S/C47H84NO8P/c1-3-5-7-9-11-13-15-17-18-19-20-21-22-23-24-25-26-28-30-32-34-36-38-40-47(50)56-45(44-55-57(51,52)54-42-41-48)43-53-46(49)39-37-35-33-31-29-27-16-14-12-10-8-6-4-2/h5,7,11,13,17-18,20-21,23-24,45H,3-4,6,8-10,12,14-16,19,22,25-44,48H2,1-2H3,(H,51,52)/b7-5-,13-11-,18-17-,21-20-,24-23-. The molecule has 0 aromatic heterocycles. The molecule has 57 heavy (non-hydrogen) atoms. The summed E-state index contributed by atoms with van der Waals surface area (Å²) in [4.78, 5) is 34.9. The Hall–Kier alpha value is -2.29. The molecule has 2 atom stereocenters. The minimum Gasteiger partial charge on any atom is -0.462 e. The van der Waals surface area contributed by atoms with Gasteiger partial charge in [0.15, 0.2) is 6.10 Å². The largest absolute Gasteiger partial charge is 0.472 e. The Balaban J connectivity index is 4.13. The number of hydrogen-bond donors (Lipinski definition) is 2. The molecule has 2 unspecified atom stereocenters. The van der Waals surface area contributed by atoms with Crippen molar-refractivity contribution in [2.45, 2.75) is 200 Å².